The lowest BCUT2D eigenvalue weighted by molar-refractivity contribution is -0.0738. The molecule has 3 nitrogen and oxygen atoms in total. The normalized spacial score (nSPS) is 10.7. The van der Waals surface area contributed by atoms with Crippen molar-refractivity contribution < 1.29 is 14.3 Å². The summed E-state index contributed by atoms with van der Waals surface area (Å²) in [5.74, 6) is -0.0679. The van der Waals surface area contributed by atoms with E-state index < -0.39 is 5.82 Å². The van der Waals surface area contributed by atoms with Crippen LogP contribution >= 0.6 is 11.6 Å². The van der Waals surface area contributed by atoms with Crippen LogP contribution in [0.2, 0.25) is 5.02 Å². The van der Waals surface area contributed by atoms with Crippen molar-refractivity contribution >= 4 is 11.6 Å². The molecular weight excluding hydrogens is 209 g/mol. The van der Waals surface area contributed by atoms with Gasteiger partial charge in [0.1, 0.15) is 11.6 Å². The summed E-state index contributed by atoms with van der Waals surface area (Å²) in [6.07, 6.45) is 0. The molecule has 1 N–H and O–H groups in total. The third-order valence-corrected chi connectivity index (χ3v) is 2.02. The highest BCUT2D eigenvalue weighted by molar-refractivity contribution is 6.32. The van der Waals surface area contributed by atoms with Crippen LogP contribution in [0, 0.1) is 5.82 Å². The van der Waals surface area contributed by atoms with Gasteiger partial charge in [-0.05, 0) is 12.1 Å². The molecule has 0 aromatic heterocycles. The Balaban J connectivity index is 3.04. The number of halogens is 2. The van der Waals surface area contributed by atoms with Crippen LogP contribution in [0.5, 0.6) is 5.75 Å². The number of hydrogen-bond acceptors (Lipinski definition) is 3. The van der Waals surface area contributed by atoms with Gasteiger partial charge < -0.3 is 9.94 Å². The van der Waals surface area contributed by atoms with Crippen molar-refractivity contribution in [2.45, 2.75) is 6.54 Å². The van der Waals surface area contributed by atoms with E-state index in [4.69, 9.17) is 21.5 Å². The van der Waals surface area contributed by atoms with Crippen molar-refractivity contribution in [1.82, 2.24) is 5.06 Å². The third kappa shape index (κ3) is 2.57. The standard InChI is InChI=1S/C9H11ClFNO2/c1-12(13)5-6-3-9(14-2)7(10)4-8(6)11/h3-4,13H,5H2,1-2H3. The number of methoxy groups -OCH3 is 1. The van der Waals surface area contributed by atoms with Crippen LogP contribution in [0.15, 0.2) is 12.1 Å². The van der Waals surface area contributed by atoms with E-state index in [1.807, 2.05) is 0 Å². The summed E-state index contributed by atoms with van der Waals surface area (Å²) in [4.78, 5) is 0. The first-order valence-corrected chi connectivity index (χ1v) is 4.34. The lowest BCUT2D eigenvalue weighted by Crippen LogP contribution is -2.13. The minimum Gasteiger partial charge on any atom is -0.495 e. The van der Waals surface area contributed by atoms with E-state index in [9.17, 15) is 4.39 Å². The first-order valence-electron chi connectivity index (χ1n) is 3.96. The van der Waals surface area contributed by atoms with Gasteiger partial charge in [-0.2, -0.15) is 5.06 Å². The molecule has 0 bridgehead atoms. The van der Waals surface area contributed by atoms with Crippen LogP contribution in [0.4, 0.5) is 4.39 Å². The molecule has 14 heavy (non-hydrogen) atoms. The van der Waals surface area contributed by atoms with Crippen LogP contribution in [-0.2, 0) is 6.54 Å². The van der Waals surface area contributed by atoms with E-state index in [2.05, 4.69) is 0 Å². The lowest BCUT2D eigenvalue weighted by Gasteiger charge is -2.11. The Morgan fingerprint density at radius 3 is 2.71 bits per heavy atom. The largest absolute Gasteiger partial charge is 0.495 e. The SMILES string of the molecule is COc1cc(CN(C)O)c(F)cc1Cl. The van der Waals surface area contributed by atoms with Gasteiger partial charge in [0.05, 0.1) is 18.7 Å². The van der Waals surface area contributed by atoms with E-state index in [0.717, 1.165) is 5.06 Å². The summed E-state index contributed by atoms with van der Waals surface area (Å²) in [7, 11) is 2.88. The van der Waals surface area contributed by atoms with E-state index in [0.29, 0.717) is 11.3 Å². The van der Waals surface area contributed by atoms with E-state index >= 15 is 0 Å². The second-order valence-electron chi connectivity index (χ2n) is 2.89. The van der Waals surface area contributed by atoms with Crippen molar-refractivity contribution in [2.75, 3.05) is 14.2 Å². The smallest absolute Gasteiger partial charge is 0.137 e. The Labute approximate surface area is 86.6 Å². The highest BCUT2D eigenvalue weighted by Crippen LogP contribution is 2.27. The summed E-state index contributed by atoms with van der Waals surface area (Å²) in [6, 6.07) is 2.63. The Morgan fingerprint density at radius 1 is 1.57 bits per heavy atom. The number of benzene rings is 1. The van der Waals surface area contributed by atoms with E-state index in [1.54, 1.807) is 0 Å². The van der Waals surface area contributed by atoms with Crippen LogP contribution in [0.3, 0.4) is 0 Å². The quantitative estimate of drug-likeness (QED) is 0.792. The molecule has 1 aromatic rings. The topological polar surface area (TPSA) is 32.7 Å². The minimum absolute atomic E-state index is 0.0827. The van der Waals surface area contributed by atoms with Crippen LogP contribution in [0.1, 0.15) is 5.56 Å². The predicted octanol–water partition coefficient (Wildman–Crippen LogP) is 2.31. The highest BCUT2D eigenvalue weighted by Gasteiger charge is 2.09. The highest BCUT2D eigenvalue weighted by atomic mass is 35.5. The van der Waals surface area contributed by atoms with Gasteiger partial charge in [0, 0.05) is 12.6 Å². The molecule has 0 saturated heterocycles. The summed E-state index contributed by atoms with van der Waals surface area (Å²) in [5.41, 5.74) is 0.330. The summed E-state index contributed by atoms with van der Waals surface area (Å²) < 4.78 is 18.2. The summed E-state index contributed by atoms with van der Waals surface area (Å²) >= 11 is 5.70. The minimum atomic E-state index is -0.461. The Bertz CT molecular complexity index is 331. The molecule has 0 aliphatic rings. The molecule has 0 unspecified atom stereocenters. The van der Waals surface area contributed by atoms with Gasteiger partial charge in [-0.15, -0.1) is 0 Å². The average Bonchev–Trinajstić information content (AvgIpc) is 2.09. The average molecular weight is 220 g/mol. The fourth-order valence-electron chi connectivity index (χ4n) is 1.10. The first-order chi connectivity index (χ1) is 6.54. The Morgan fingerprint density at radius 2 is 2.21 bits per heavy atom. The van der Waals surface area contributed by atoms with Crippen molar-refractivity contribution in [3.63, 3.8) is 0 Å². The van der Waals surface area contributed by atoms with Gasteiger partial charge in [-0.1, -0.05) is 11.6 Å². The van der Waals surface area contributed by atoms with Gasteiger partial charge in [0.15, 0.2) is 0 Å². The van der Waals surface area contributed by atoms with E-state index in [-0.39, 0.29) is 11.6 Å². The fraction of sp³-hybridized carbons (Fsp3) is 0.333. The Hall–Kier alpha value is -0.840. The second kappa shape index (κ2) is 4.59. The van der Waals surface area contributed by atoms with Gasteiger partial charge in [0.25, 0.3) is 0 Å². The van der Waals surface area contributed by atoms with Gasteiger partial charge in [-0.3, -0.25) is 0 Å². The zero-order valence-electron chi connectivity index (χ0n) is 7.92. The van der Waals surface area contributed by atoms with Crippen molar-refractivity contribution in [2.24, 2.45) is 0 Å². The van der Waals surface area contributed by atoms with Crippen LogP contribution in [-0.4, -0.2) is 24.4 Å². The number of hydrogen-bond donors (Lipinski definition) is 1. The van der Waals surface area contributed by atoms with Gasteiger partial charge in [0.2, 0.25) is 0 Å². The second-order valence-corrected chi connectivity index (χ2v) is 3.30. The zero-order valence-corrected chi connectivity index (χ0v) is 8.68. The molecule has 0 saturated carbocycles. The number of ether oxygens (including phenoxy) is 1. The third-order valence-electron chi connectivity index (χ3n) is 1.72. The first kappa shape index (κ1) is 11.2. The number of nitrogens with zero attached hydrogens (tertiary/aromatic N) is 1. The lowest BCUT2D eigenvalue weighted by atomic mass is 10.2. The molecule has 0 aliphatic carbocycles. The molecule has 78 valence electrons. The zero-order chi connectivity index (χ0) is 10.7. The number of rotatable bonds is 3. The van der Waals surface area contributed by atoms with Crippen LogP contribution in [0.25, 0.3) is 0 Å². The molecule has 0 amide bonds. The molecule has 0 fully saturated rings. The monoisotopic (exact) mass is 219 g/mol. The van der Waals surface area contributed by atoms with Gasteiger partial charge in [-0.25, -0.2) is 4.39 Å². The molecule has 0 radical (unpaired) electrons. The molecule has 1 rings (SSSR count). The molecular formula is C9H11ClFNO2. The maximum atomic E-state index is 13.2. The molecule has 5 heteroatoms. The van der Waals surface area contributed by atoms with Gasteiger partial charge >= 0.3 is 0 Å². The van der Waals surface area contributed by atoms with Crippen molar-refractivity contribution in [3.05, 3.63) is 28.5 Å². The number of hydroxylamine groups is 2. The molecule has 1 aromatic carbocycles. The molecule has 0 aliphatic heterocycles. The Kier molecular flexibility index (Phi) is 3.69. The maximum absolute atomic E-state index is 13.2. The van der Waals surface area contributed by atoms with Crippen molar-refractivity contribution in [3.8, 4) is 5.75 Å². The van der Waals surface area contributed by atoms with E-state index in [1.165, 1.54) is 26.3 Å². The predicted molar refractivity (Wildman–Crippen MR) is 51.2 cm³/mol. The summed E-state index contributed by atoms with van der Waals surface area (Å²) in [5, 5.41) is 10.1. The molecule has 0 atom stereocenters. The molecule has 0 heterocycles. The maximum Gasteiger partial charge on any atom is 0.137 e. The van der Waals surface area contributed by atoms with Crippen LogP contribution < -0.4 is 4.74 Å². The van der Waals surface area contributed by atoms with Crippen molar-refractivity contribution in [1.29, 1.82) is 0 Å². The molecule has 0 spiro atoms. The fourth-order valence-corrected chi connectivity index (χ4v) is 1.32. The summed E-state index contributed by atoms with van der Waals surface area (Å²) in [6.45, 7) is 0.0827.